The summed E-state index contributed by atoms with van der Waals surface area (Å²) in [4.78, 5) is 21.4. The zero-order valence-electron chi connectivity index (χ0n) is 6.15. The Labute approximate surface area is 82.2 Å². The highest BCUT2D eigenvalue weighted by molar-refractivity contribution is 6.10. The van der Waals surface area contributed by atoms with Crippen LogP contribution in [0.3, 0.4) is 0 Å². The Morgan fingerprint density at radius 2 is 1.83 bits per heavy atom. The minimum absolute atomic E-state index is 0. The van der Waals surface area contributed by atoms with Crippen molar-refractivity contribution in [1.29, 1.82) is 0 Å². The molecular formula is C6H10Cl2N2O2. The van der Waals surface area contributed by atoms with E-state index in [1.165, 1.54) is 0 Å². The molecule has 0 aromatic rings. The second-order valence-electron chi connectivity index (χ2n) is 2.24. The third kappa shape index (κ3) is 2.81. The highest BCUT2D eigenvalue weighted by Gasteiger charge is 2.23. The van der Waals surface area contributed by atoms with Crippen molar-refractivity contribution in [2.75, 3.05) is 0 Å². The molecular weight excluding hydrogens is 203 g/mol. The Balaban J connectivity index is 0. The number of nitrogens with two attached hydrogens (primary N) is 2. The first-order valence-corrected chi connectivity index (χ1v) is 2.91. The van der Waals surface area contributed by atoms with Crippen LogP contribution in [0.25, 0.3) is 0 Å². The number of ketones is 2. The first kappa shape index (κ1) is 14.0. The van der Waals surface area contributed by atoms with Gasteiger partial charge in [0.25, 0.3) is 0 Å². The second-order valence-corrected chi connectivity index (χ2v) is 2.24. The monoisotopic (exact) mass is 212 g/mol. The molecule has 12 heavy (non-hydrogen) atoms. The van der Waals surface area contributed by atoms with Crippen molar-refractivity contribution >= 4 is 36.4 Å². The van der Waals surface area contributed by atoms with E-state index in [9.17, 15) is 9.59 Å². The minimum Gasteiger partial charge on any atom is -0.396 e. The molecule has 4 N–H and O–H groups in total. The molecule has 1 rings (SSSR count). The van der Waals surface area contributed by atoms with Crippen molar-refractivity contribution in [2.24, 2.45) is 11.5 Å². The van der Waals surface area contributed by atoms with E-state index < -0.39 is 6.04 Å². The molecule has 4 nitrogen and oxygen atoms in total. The van der Waals surface area contributed by atoms with Crippen molar-refractivity contribution in [3.63, 3.8) is 0 Å². The summed E-state index contributed by atoms with van der Waals surface area (Å²) in [5, 5.41) is 0. The van der Waals surface area contributed by atoms with E-state index in [0.29, 0.717) is 0 Å². The van der Waals surface area contributed by atoms with Crippen molar-refractivity contribution in [2.45, 2.75) is 12.5 Å². The molecule has 1 aliphatic carbocycles. The maximum Gasteiger partial charge on any atom is 0.195 e. The van der Waals surface area contributed by atoms with Gasteiger partial charge in [0.05, 0.1) is 11.7 Å². The van der Waals surface area contributed by atoms with Gasteiger partial charge in [-0.1, -0.05) is 0 Å². The quantitative estimate of drug-likeness (QED) is 0.570. The van der Waals surface area contributed by atoms with Crippen LogP contribution >= 0.6 is 24.8 Å². The Hall–Kier alpha value is -0.580. The molecule has 0 spiro atoms. The Kier molecular flexibility index (Phi) is 5.98. The fourth-order valence-electron chi connectivity index (χ4n) is 0.827. The van der Waals surface area contributed by atoms with Gasteiger partial charge in [0, 0.05) is 12.5 Å². The number of halogens is 2. The first-order valence-electron chi connectivity index (χ1n) is 2.91. The van der Waals surface area contributed by atoms with Crippen LogP contribution in [0.5, 0.6) is 0 Å². The van der Waals surface area contributed by atoms with Crippen LogP contribution in [-0.4, -0.2) is 17.6 Å². The highest BCUT2D eigenvalue weighted by Crippen LogP contribution is 2.05. The third-order valence-electron chi connectivity index (χ3n) is 1.36. The van der Waals surface area contributed by atoms with E-state index in [1.807, 2.05) is 0 Å². The van der Waals surface area contributed by atoms with Crippen LogP contribution in [0.1, 0.15) is 6.42 Å². The summed E-state index contributed by atoms with van der Waals surface area (Å²) in [6, 6.07) is -0.725. The number of allylic oxidation sites excluding steroid dienone is 1. The second kappa shape index (κ2) is 5.13. The maximum absolute atomic E-state index is 10.8. The zero-order chi connectivity index (χ0) is 7.72. The van der Waals surface area contributed by atoms with Crippen molar-refractivity contribution in [3.8, 4) is 0 Å². The molecule has 1 aliphatic rings. The molecule has 1 atom stereocenters. The summed E-state index contributed by atoms with van der Waals surface area (Å²) in [5.41, 5.74) is 10.4. The molecule has 0 fully saturated rings. The Bertz CT molecular complexity index is 228. The van der Waals surface area contributed by atoms with E-state index >= 15 is 0 Å². The topological polar surface area (TPSA) is 86.2 Å². The average Bonchev–Trinajstić information content (AvgIpc) is 1.82. The zero-order valence-corrected chi connectivity index (χ0v) is 7.78. The van der Waals surface area contributed by atoms with Gasteiger partial charge in [0.1, 0.15) is 0 Å². The predicted octanol–water partition coefficient (Wildman–Crippen LogP) is -0.458. The van der Waals surface area contributed by atoms with Crippen LogP contribution in [0.2, 0.25) is 0 Å². The average molecular weight is 213 g/mol. The van der Waals surface area contributed by atoms with E-state index in [-0.39, 0.29) is 48.5 Å². The van der Waals surface area contributed by atoms with Crippen molar-refractivity contribution < 1.29 is 9.59 Å². The van der Waals surface area contributed by atoms with E-state index in [2.05, 4.69) is 0 Å². The van der Waals surface area contributed by atoms with E-state index in [4.69, 9.17) is 11.5 Å². The van der Waals surface area contributed by atoms with E-state index in [0.717, 1.165) is 6.08 Å². The van der Waals surface area contributed by atoms with Crippen LogP contribution in [0.15, 0.2) is 11.8 Å². The standard InChI is InChI=1S/C6H8N2O2.2ClH/c7-4-1-3(9)2-5(8)6(4)10;;/h1,5H,2,7-8H2;2*1H. The number of rotatable bonds is 0. The summed E-state index contributed by atoms with van der Waals surface area (Å²) in [7, 11) is 0. The third-order valence-corrected chi connectivity index (χ3v) is 1.36. The predicted molar refractivity (Wildman–Crippen MR) is 49.4 cm³/mol. The number of hydrogen-bond donors (Lipinski definition) is 2. The van der Waals surface area contributed by atoms with Gasteiger partial charge in [-0.05, 0) is 0 Å². The molecule has 0 aromatic heterocycles. The molecule has 1 unspecified atom stereocenters. The highest BCUT2D eigenvalue weighted by atomic mass is 35.5. The maximum atomic E-state index is 10.8. The lowest BCUT2D eigenvalue weighted by atomic mass is 9.98. The van der Waals surface area contributed by atoms with Gasteiger partial charge in [0.2, 0.25) is 0 Å². The molecule has 6 heteroatoms. The summed E-state index contributed by atoms with van der Waals surface area (Å²) in [5.74, 6) is -0.510. The van der Waals surface area contributed by atoms with Gasteiger partial charge in [-0.3, -0.25) is 9.59 Å². The van der Waals surface area contributed by atoms with Crippen LogP contribution in [0, 0.1) is 0 Å². The summed E-state index contributed by atoms with van der Waals surface area (Å²) >= 11 is 0. The number of carbonyl (C=O) groups excluding carboxylic acids is 2. The van der Waals surface area contributed by atoms with Gasteiger partial charge >= 0.3 is 0 Å². The Morgan fingerprint density at radius 1 is 1.33 bits per heavy atom. The van der Waals surface area contributed by atoms with Crippen LogP contribution in [-0.2, 0) is 9.59 Å². The molecule has 0 saturated heterocycles. The molecule has 70 valence electrons. The SMILES string of the molecule is Cl.Cl.NC1=CC(=O)CC(N)C1=O. The number of Topliss-reactive ketones (excluding diaryl/α,β-unsaturated/α-hetero) is 1. The fourth-order valence-corrected chi connectivity index (χ4v) is 0.827. The minimum atomic E-state index is -0.725. The lowest BCUT2D eigenvalue weighted by Gasteiger charge is -2.12. The van der Waals surface area contributed by atoms with Crippen molar-refractivity contribution in [3.05, 3.63) is 11.8 Å². The first-order chi connectivity index (χ1) is 4.61. The largest absolute Gasteiger partial charge is 0.396 e. The lowest BCUT2D eigenvalue weighted by molar-refractivity contribution is -0.122. The normalized spacial score (nSPS) is 22.1. The molecule has 0 aliphatic heterocycles. The van der Waals surface area contributed by atoms with Gasteiger partial charge in [0.15, 0.2) is 11.6 Å². The van der Waals surface area contributed by atoms with Gasteiger partial charge in [-0.15, -0.1) is 24.8 Å². The van der Waals surface area contributed by atoms with E-state index in [1.54, 1.807) is 0 Å². The molecule has 0 heterocycles. The molecule has 0 bridgehead atoms. The molecule has 0 aromatic carbocycles. The van der Waals surface area contributed by atoms with Gasteiger partial charge < -0.3 is 11.5 Å². The van der Waals surface area contributed by atoms with Crippen molar-refractivity contribution in [1.82, 2.24) is 0 Å². The molecule has 0 radical (unpaired) electrons. The fraction of sp³-hybridized carbons (Fsp3) is 0.333. The van der Waals surface area contributed by atoms with Crippen LogP contribution < -0.4 is 11.5 Å². The molecule has 0 saturated carbocycles. The molecule has 0 amide bonds. The number of hydrogen-bond acceptors (Lipinski definition) is 4. The lowest BCUT2D eigenvalue weighted by Crippen LogP contribution is -2.39. The van der Waals surface area contributed by atoms with Crippen LogP contribution in [0.4, 0.5) is 0 Å². The summed E-state index contributed by atoms with van der Waals surface area (Å²) in [6.07, 6.45) is 1.21. The number of carbonyl (C=O) groups is 2. The summed E-state index contributed by atoms with van der Waals surface area (Å²) in [6.45, 7) is 0. The van der Waals surface area contributed by atoms with Gasteiger partial charge in [-0.2, -0.15) is 0 Å². The Morgan fingerprint density at radius 3 is 2.25 bits per heavy atom. The smallest absolute Gasteiger partial charge is 0.195 e. The summed E-state index contributed by atoms with van der Waals surface area (Å²) < 4.78 is 0. The van der Waals surface area contributed by atoms with Gasteiger partial charge in [-0.25, -0.2) is 0 Å².